The van der Waals surface area contributed by atoms with Crippen LogP contribution in [0.15, 0.2) is 30.0 Å². The molecule has 0 radical (unpaired) electrons. The molecule has 0 unspecified atom stereocenters. The molecule has 86 valence electrons. The number of ether oxygens (including phenoxy) is 2. The minimum atomic E-state index is -0.592. The van der Waals surface area contributed by atoms with Crippen LogP contribution in [-0.2, 0) is 9.53 Å². The number of hydrogen-bond acceptors (Lipinski definition) is 3. The summed E-state index contributed by atoms with van der Waals surface area (Å²) in [4.78, 5) is 11.2. The van der Waals surface area contributed by atoms with E-state index < -0.39 is 11.8 Å². The van der Waals surface area contributed by atoms with Crippen LogP contribution >= 0.6 is 0 Å². The first-order valence-electron chi connectivity index (χ1n) is 4.77. The van der Waals surface area contributed by atoms with Crippen LogP contribution in [0.4, 0.5) is 4.39 Å². The molecule has 0 heterocycles. The summed E-state index contributed by atoms with van der Waals surface area (Å²) in [6.45, 7) is 3.40. The normalized spacial score (nSPS) is 11.1. The average Bonchev–Trinajstić information content (AvgIpc) is 2.29. The third-order valence-electron chi connectivity index (χ3n) is 2.02. The first kappa shape index (κ1) is 12.2. The van der Waals surface area contributed by atoms with Crippen molar-refractivity contribution < 1.29 is 18.7 Å². The molecule has 1 rings (SSSR count). The monoisotopic (exact) mass is 224 g/mol. The quantitative estimate of drug-likeness (QED) is 0.449. The molecule has 0 amide bonds. The molecule has 0 saturated heterocycles. The van der Waals surface area contributed by atoms with Gasteiger partial charge in [-0.05, 0) is 31.6 Å². The van der Waals surface area contributed by atoms with Crippen LogP contribution in [-0.4, -0.2) is 13.1 Å². The van der Waals surface area contributed by atoms with Crippen molar-refractivity contribution in [1.29, 1.82) is 0 Å². The van der Waals surface area contributed by atoms with Crippen molar-refractivity contribution in [3.63, 3.8) is 0 Å². The molecule has 0 N–H and O–H groups in total. The molecule has 0 aliphatic carbocycles. The second-order valence-corrected chi connectivity index (χ2v) is 3.16. The molecule has 0 aliphatic heterocycles. The minimum Gasteiger partial charge on any atom is -0.463 e. The smallest absolute Gasteiger partial charge is 0.373 e. The number of aryl methyl sites for hydroxylation is 1. The Hall–Kier alpha value is -1.84. The van der Waals surface area contributed by atoms with Gasteiger partial charge >= 0.3 is 5.97 Å². The van der Waals surface area contributed by atoms with Crippen molar-refractivity contribution in [3.8, 4) is 5.75 Å². The SMILES string of the molecule is C/C=C(\Oc1cc(F)ccc1C)C(=O)OC. The highest BCUT2D eigenvalue weighted by Gasteiger charge is 2.12. The van der Waals surface area contributed by atoms with Crippen LogP contribution in [0.5, 0.6) is 5.75 Å². The molecule has 0 aliphatic rings. The lowest BCUT2D eigenvalue weighted by Crippen LogP contribution is -2.11. The predicted molar refractivity (Wildman–Crippen MR) is 57.5 cm³/mol. The van der Waals surface area contributed by atoms with Crippen LogP contribution in [0.25, 0.3) is 0 Å². The Balaban J connectivity index is 2.95. The molecule has 0 spiro atoms. The van der Waals surface area contributed by atoms with E-state index in [0.29, 0.717) is 5.75 Å². The van der Waals surface area contributed by atoms with Crippen molar-refractivity contribution in [2.75, 3.05) is 7.11 Å². The number of rotatable bonds is 3. The second kappa shape index (κ2) is 5.30. The summed E-state index contributed by atoms with van der Waals surface area (Å²) >= 11 is 0. The maximum atomic E-state index is 13.0. The van der Waals surface area contributed by atoms with Crippen LogP contribution in [0, 0.1) is 12.7 Å². The van der Waals surface area contributed by atoms with Crippen LogP contribution in [0.2, 0.25) is 0 Å². The van der Waals surface area contributed by atoms with Gasteiger partial charge in [-0.25, -0.2) is 9.18 Å². The van der Waals surface area contributed by atoms with Crippen molar-refractivity contribution in [2.24, 2.45) is 0 Å². The molecule has 1 aromatic rings. The molecular weight excluding hydrogens is 211 g/mol. The number of methoxy groups -OCH3 is 1. The summed E-state index contributed by atoms with van der Waals surface area (Å²) in [6, 6.07) is 4.13. The van der Waals surface area contributed by atoms with Gasteiger partial charge in [0.05, 0.1) is 7.11 Å². The topological polar surface area (TPSA) is 35.5 Å². The molecule has 0 aromatic heterocycles. The lowest BCUT2D eigenvalue weighted by molar-refractivity contribution is -0.138. The molecule has 0 bridgehead atoms. The van der Waals surface area contributed by atoms with Crippen molar-refractivity contribution in [2.45, 2.75) is 13.8 Å². The Kier molecular flexibility index (Phi) is 4.05. The van der Waals surface area contributed by atoms with Crippen LogP contribution in [0.3, 0.4) is 0 Å². The van der Waals surface area contributed by atoms with Gasteiger partial charge in [0.15, 0.2) is 0 Å². The molecule has 4 heteroatoms. The fourth-order valence-electron chi connectivity index (χ4n) is 1.12. The van der Waals surface area contributed by atoms with E-state index in [1.807, 2.05) is 0 Å². The molecule has 3 nitrogen and oxygen atoms in total. The fraction of sp³-hybridized carbons (Fsp3) is 0.250. The molecule has 1 aromatic carbocycles. The van der Waals surface area contributed by atoms with Crippen LogP contribution in [0.1, 0.15) is 12.5 Å². The van der Waals surface area contributed by atoms with Gasteiger partial charge in [0.2, 0.25) is 5.76 Å². The Morgan fingerprint density at radius 2 is 2.12 bits per heavy atom. The zero-order valence-corrected chi connectivity index (χ0v) is 9.41. The number of esters is 1. The number of benzene rings is 1. The van der Waals surface area contributed by atoms with Gasteiger partial charge in [0, 0.05) is 6.07 Å². The van der Waals surface area contributed by atoms with E-state index in [0.717, 1.165) is 5.56 Å². The molecule has 0 saturated carbocycles. The van der Waals surface area contributed by atoms with E-state index in [9.17, 15) is 9.18 Å². The zero-order chi connectivity index (χ0) is 12.1. The van der Waals surface area contributed by atoms with E-state index >= 15 is 0 Å². The molecule has 0 atom stereocenters. The van der Waals surface area contributed by atoms with Gasteiger partial charge < -0.3 is 9.47 Å². The lowest BCUT2D eigenvalue weighted by atomic mass is 10.2. The van der Waals surface area contributed by atoms with Gasteiger partial charge in [-0.3, -0.25) is 0 Å². The van der Waals surface area contributed by atoms with Gasteiger partial charge in [0.25, 0.3) is 0 Å². The van der Waals surface area contributed by atoms with E-state index in [-0.39, 0.29) is 5.76 Å². The number of allylic oxidation sites excluding steroid dienone is 1. The maximum absolute atomic E-state index is 13.0. The summed E-state index contributed by atoms with van der Waals surface area (Å²) in [5.74, 6) is -0.665. The zero-order valence-electron chi connectivity index (χ0n) is 9.41. The Labute approximate surface area is 93.5 Å². The van der Waals surface area contributed by atoms with Gasteiger partial charge in [-0.2, -0.15) is 0 Å². The van der Waals surface area contributed by atoms with Crippen LogP contribution < -0.4 is 4.74 Å². The Morgan fingerprint density at radius 3 is 2.69 bits per heavy atom. The summed E-state index contributed by atoms with van der Waals surface area (Å²) in [5, 5.41) is 0. The second-order valence-electron chi connectivity index (χ2n) is 3.16. The third-order valence-corrected chi connectivity index (χ3v) is 2.02. The van der Waals surface area contributed by atoms with Crippen molar-refractivity contribution >= 4 is 5.97 Å². The molecular formula is C12H13FO3. The number of carbonyl (C=O) groups is 1. The van der Waals surface area contributed by atoms with E-state index in [4.69, 9.17) is 4.74 Å². The predicted octanol–water partition coefficient (Wildman–Crippen LogP) is 2.59. The highest BCUT2D eigenvalue weighted by molar-refractivity contribution is 5.86. The summed E-state index contributed by atoms with van der Waals surface area (Å²) in [7, 11) is 1.26. The average molecular weight is 224 g/mol. The van der Waals surface area contributed by atoms with E-state index in [1.54, 1.807) is 19.9 Å². The fourth-order valence-corrected chi connectivity index (χ4v) is 1.12. The first-order valence-corrected chi connectivity index (χ1v) is 4.77. The molecule has 0 fully saturated rings. The van der Waals surface area contributed by atoms with Gasteiger partial charge in [-0.1, -0.05) is 6.07 Å². The first-order chi connectivity index (χ1) is 7.58. The van der Waals surface area contributed by atoms with Gasteiger partial charge in [0.1, 0.15) is 11.6 Å². The number of carbonyl (C=O) groups excluding carboxylic acids is 1. The van der Waals surface area contributed by atoms with Crippen molar-refractivity contribution in [1.82, 2.24) is 0 Å². The lowest BCUT2D eigenvalue weighted by Gasteiger charge is -2.10. The molecule has 16 heavy (non-hydrogen) atoms. The number of hydrogen-bond donors (Lipinski definition) is 0. The summed E-state index contributed by atoms with van der Waals surface area (Å²) in [6.07, 6.45) is 1.47. The summed E-state index contributed by atoms with van der Waals surface area (Å²) < 4.78 is 22.8. The number of halogens is 1. The maximum Gasteiger partial charge on any atom is 0.373 e. The minimum absolute atomic E-state index is 0.0381. The third kappa shape index (κ3) is 2.82. The van der Waals surface area contributed by atoms with E-state index in [1.165, 1.54) is 25.3 Å². The standard InChI is InChI=1S/C12H13FO3/c1-4-10(12(14)15-3)16-11-7-9(13)6-5-8(11)2/h4-7H,1-3H3/b10-4-. The Morgan fingerprint density at radius 1 is 1.44 bits per heavy atom. The summed E-state index contributed by atoms with van der Waals surface area (Å²) in [5.41, 5.74) is 0.740. The highest BCUT2D eigenvalue weighted by atomic mass is 19.1. The van der Waals surface area contributed by atoms with E-state index in [2.05, 4.69) is 4.74 Å². The largest absolute Gasteiger partial charge is 0.463 e. The Bertz CT molecular complexity index is 424. The van der Waals surface area contributed by atoms with Gasteiger partial charge in [-0.15, -0.1) is 0 Å². The van der Waals surface area contributed by atoms with Crippen molar-refractivity contribution in [3.05, 3.63) is 41.4 Å². The highest BCUT2D eigenvalue weighted by Crippen LogP contribution is 2.21.